The molecule has 122 valence electrons. The van der Waals surface area contributed by atoms with Gasteiger partial charge >= 0.3 is 0 Å². The molecule has 0 saturated carbocycles. The van der Waals surface area contributed by atoms with E-state index in [1.54, 1.807) is 16.9 Å². The minimum absolute atomic E-state index is 0.0150. The number of likely N-dealkylation sites (tertiary alicyclic amines) is 1. The van der Waals surface area contributed by atoms with Gasteiger partial charge in [0.25, 0.3) is 5.56 Å². The molecule has 0 aromatic carbocycles. The highest BCUT2D eigenvalue weighted by atomic mass is 32.2. The first-order valence-corrected chi connectivity index (χ1v) is 9.13. The van der Waals surface area contributed by atoms with Crippen molar-refractivity contribution in [1.82, 2.24) is 25.0 Å². The molecule has 8 heteroatoms. The lowest BCUT2D eigenvalue weighted by molar-refractivity contribution is 0.208. The van der Waals surface area contributed by atoms with Gasteiger partial charge in [0, 0.05) is 30.8 Å². The normalized spacial score (nSPS) is 21.5. The van der Waals surface area contributed by atoms with Crippen LogP contribution < -0.4 is 5.56 Å². The highest BCUT2D eigenvalue weighted by Crippen LogP contribution is 2.23. The fourth-order valence-electron chi connectivity index (χ4n) is 3.35. The molecule has 4 heterocycles. The first-order chi connectivity index (χ1) is 11.3. The maximum atomic E-state index is 12.3. The molecule has 1 fully saturated rings. The van der Waals surface area contributed by atoms with Crippen LogP contribution >= 0.6 is 11.8 Å². The maximum Gasteiger partial charge on any atom is 0.267 e. The molecular formula is C15H19N5O2S. The summed E-state index contributed by atoms with van der Waals surface area (Å²) in [5.74, 6) is 2.00. The summed E-state index contributed by atoms with van der Waals surface area (Å²) in [5.41, 5.74) is 3.05. The average Bonchev–Trinajstić information content (AvgIpc) is 3.21. The van der Waals surface area contributed by atoms with Gasteiger partial charge in [-0.1, -0.05) is 10.3 Å². The largest absolute Gasteiger partial charge is 0.293 e. The van der Waals surface area contributed by atoms with Crippen LogP contribution in [-0.4, -0.2) is 43.3 Å². The van der Waals surface area contributed by atoms with E-state index in [1.807, 2.05) is 11.8 Å². The molecule has 23 heavy (non-hydrogen) atoms. The van der Waals surface area contributed by atoms with Crippen molar-refractivity contribution < 1.29 is 4.63 Å². The predicted molar refractivity (Wildman–Crippen MR) is 86.1 cm³/mol. The Labute approximate surface area is 138 Å². The summed E-state index contributed by atoms with van der Waals surface area (Å²) in [6.45, 7) is 2.36. The Balaban J connectivity index is 1.51. The van der Waals surface area contributed by atoms with Gasteiger partial charge in [0.2, 0.25) is 0 Å². The lowest BCUT2D eigenvalue weighted by Gasteiger charge is -2.24. The molecular weight excluding hydrogens is 314 g/mol. The van der Waals surface area contributed by atoms with Gasteiger partial charge in [0.05, 0.1) is 18.4 Å². The van der Waals surface area contributed by atoms with Gasteiger partial charge < -0.3 is 0 Å². The zero-order valence-corrected chi connectivity index (χ0v) is 13.7. The summed E-state index contributed by atoms with van der Waals surface area (Å²) in [6.07, 6.45) is 4.81. The summed E-state index contributed by atoms with van der Waals surface area (Å²) in [5, 5.41) is 12.2. The van der Waals surface area contributed by atoms with Gasteiger partial charge in [0.15, 0.2) is 0 Å². The molecule has 0 bridgehead atoms. The van der Waals surface area contributed by atoms with Crippen LogP contribution in [0, 0.1) is 0 Å². The van der Waals surface area contributed by atoms with Crippen LogP contribution in [0.15, 0.2) is 21.7 Å². The van der Waals surface area contributed by atoms with E-state index in [1.165, 1.54) is 0 Å². The van der Waals surface area contributed by atoms with E-state index in [9.17, 15) is 4.79 Å². The third-order valence-electron chi connectivity index (χ3n) is 4.56. The highest BCUT2D eigenvalue weighted by Gasteiger charge is 2.26. The molecule has 2 aliphatic heterocycles. The second-order valence-corrected chi connectivity index (χ2v) is 7.21. The van der Waals surface area contributed by atoms with E-state index in [-0.39, 0.29) is 5.56 Å². The van der Waals surface area contributed by atoms with Gasteiger partial charge in [-0.2, -0.15) is 16.9 Å². The number of fused-ring (bicyclic) bond motifs is 1. The van der Waals surface area contributed by atoms with E-state index in [0.29, 0.717) is 19.1 Å². The molecule has 0 amide bonds. The number of hydrogen-bond donors (Lipinski definition) is 0. The lowest BCUT2D eigenvalue weighted by atomic mass is 10.2. The van der Waals surface area contributed by atoms with Crippen molar-refractivity contribution >= 4 is 11.8 Å². The second-order valence-electron chi connectivity index (χ2n) is 6.10. The summed E-state index contributed by atoms with van der Waals surface area (Å²) in [7, 11) is 0. The Morgan fingerprint density at radius 2 is 2.39 bits per heavy atom. The van der Waals surface area contributed by atoms with E-state index >= 15 is 0 Å². The number of thioether (sulfide) groups is 1. The van der Waals surface area contributed by atoms with E-state index in [0.717, 1.165) is 54.3 Å². The van der Waals surface area contributed by atoms with Crippen LogP contribution in [-0.2, 0) is 25.3 Å². The van der Waals surface area contributed by atoms with Gasteiger partial charge in [0.1, 0.15) is 5.69 Å². The summed E-state index contributed by atoms with van der Waals surface area (Å²) in [4.78, 5) is 14.7. The van der Waals surface area contributed by atoms with Gasteiger partial charge in [-0.3, -0.25) is 9.69 Å². The zero-order valence-electron chi connectivity index (χ0n) is 12.8. The van der Waals surface area contributed by atoms with Gasteiger partial charge in [-0.25, -0.2) is 9.31 Å². The SMILES string of the molecule is O=c1cc2c(nn1CC1CCCN1Cc1cnon1)CCSC2. The molecule has 2 aliphatic rings. The number of aromatic nitrogens is 4. The van der Waals surface area contributed by atoms with Crippen molar-refractivity contribution in [2.75, 3.05) is 12.3 Å². The Morgan fingerprint density at radius 3 is 3.26 bits per heavy atom. The first-order valence-electron chi connectivity index (χ1n) is 7.98. The molecule has 1 saturated heterocycles. The maximum absolute atomic E-state index is 12.3. The third kappa shape index (κ3) is 3.18. The van der Waals surface area contributed by atoms with E-state index in [2.05, 4.69) is 24.9 Å². The topological polar surface area (TPSA) is 77.0 Å². The molecule has 0 aliphatic carbocycles. The van der Waals surface area contributed by atoms with Crippen molar-refractivity contribution in [3.63, 3.8) is 0 Å². The molecule has 7 nitrogen and oxygen atoms in total. The summed E-state index contributed by atoms with van der Waals surface area (Å²) >= 11 is 1.87. The summed E-state index contributed by atoms with van der Waals surface area (Å²) in [6, 6.07) is 2.09. The van der Waals surface area contributed by atoms with E-state index in [4.69, 9.17) is 0 Å². The standard InChI is InChI=1S/C15H19N5O2S/c21-15-6-11-10-23-5-3-14(11)17-20(15)9-13-2-1-4-19(13)8-12-7-16-22-18-12/h6-7,13H,1-5,8-10H2. The number of rotatable bonds is 4. The Hall–Kier alpha value is -1.67. The van der Waals surface area contributed by atoms with Crippen LogP contribution in [0.1, 0.15) is 29.8 Å². The molecule has 4 rings (SSSR count). The quantitative estimate of drug-likeness (QED) is 0.828. The van der Waals surface area contributed by atoms with Crippen LogP contribution in [0.3, 0.4) is 0 Å². The van der Waals surface area contributed by atoms with Crippen LogP contribution in [0.4, 0.5) is 0 Å². The minimum atomic E-state index is 0.0150. The Kier molecular flexibility index (Phi) is 4.17. The van der Waals surface area contributed by atoms with Crippen molar-refractivity contribution in [3.05, 3.63) is 39.6 Å². The van der Waals surface area contributed by atoms with Gasteiger partial charge in [-0.05, 0) is 30.7 Å². The Morgan fingerprint density at radius 1 is 1.43 bits per heavy atom. The molecule has 0 N–H and O–H groups in total. The van der Waals surface area contributed by atoms with Crippen LogP contribution in [0.2, 0.25) is 0 Å². The zero-order chi connectivity index (χ0) is 15.6. The molecule has 2 aromatic rings. The Bertz CT molecular complexity index is 730. The molecule has 0 spiro atoms. The number of hydrogen-bond acceptors (Lipinski definition) is 7. The van der Waals surface area contributed by atoms with Crippen molar-refractivity contribution in [3.8, 4) is 0 Å². The molecule has 1 atom stereocenters. The van der Waals surface area contributed by atoms with Crippen molar-refractivity contribution in [1.29, 1.82) is 0 Å². The minimum Gasteiger partial charge on any atom is -0.293 e. The lowest BCUT2D eigenvalue weighted by Crippen LogP contribution is -2.37. The fraction of sp³-hybridized carbons (Fsp3) is 0.600. The molecule has 2 aromatic heterocycles. The molecule has 1 unspecified atom stereocenters. The monoisotopic (exact) mass is 333 g/mol. The van der Waals surface area contributed by atoms with Crippen LogP contribution in [0.5, 0.6) is 0 Å². The smallest absolute Gasteiger partial charge is 0.267 e. The molecule has 0 radical (unpaired) electrons. The third-order valence-corrected chi connectivity index (χ3v) is 5.57. The van der Waals surface area contributed by atoms with E-state index < -0.39 is 0 Å². The van der Waals surface area contributed by atoms with Crippen molar-refractivity contribution in [2.45, 2.75) is 44.1 Å². The average molecular weight is 333 g/mol. The van der Waals surface area contributed by atoms with Gasteiger partial charge in [-0.15, -0.1) is 0 Å². The number of aryl methyl sites for hydroxylation is 1. The van der Waals surface area contributed by atoms with Crippen LogP contribution in [0.25, 0.3) is 0 Å². The number of nitrogens with zero attached hydrogens (tertiary/aromatic N) is 5. The summed E-state index contributed by atoms with van der Waals surface area (Å²) < 4.78 is 6.32. The predicted octanol–water partition coefficient (Wildman–Crippen LogP) is 1.08. The second kappa shape index (κ2) is 6.45. The highest BCUT2D eigenvalue weighted by molar-refractivity contribution is 7.98. The first kappa shape index (κ1) is 14.9. The fourth-order valence-corrected chi connectivity index (χ4v) is 4.31. The van der Waals surface area contributed by atoms with Crippen molar-refractivity contribution in [2.24, 2.45) is 0 Å².